The zero-order valence-corrected chi connectivity index (χ0v) is 20.6. The molecule has 1 aromatic carbocycles. The number of Topliss-reactive ketones (excluding diaryl/α,β-unsaturated/α-hetero) is 1. The van der Waals surface area contributed by atoms with E-state index in [1.807, 2.05) is 39.8 Å². The molecule has 1 aliphatic heterocycles. The average molecular weight is 462 g/mol. The van der Waals surface area contributed by atoms with Crippen molar-refractivity contribution in [1.29, 1.82) is 0 Å². The molecule has 2 N–H and O–H groups in total. The van der Waals surface area contributed by atoms with E-state index in [0.717, 1.165) is 12.8 Å². The first-order chi connectivity index (χ1) is 15.6. The summed E-state index contributed by atoms with van der Waals surface area (Å²) in [5, 5.41) is 13.5. The molecule has 0 amide bonds. The molecule has 1 heterocycles. The van der Waals surface area contributed by atoms with Crippen LogP contribution in [-0.4, -0.2) is 54.9 Å². The molecule has 0 radical (unpaired) electrons. The van der Waals surface area contributed by atoms with Crippen LogP contribution in [0.3, 0.4) is 0 Å². The summed E-state index contributed by atoms with van der Waals surface area (Å²) in [7, 11) is 1.50. The van der Waals surface area contributed by atoms with Crippen molar-refractivity contribution >= 4 is 17.8 Å². The highest BCUT2D eigenvalue weighted by Crippen LogP contribution is 2.31. The van der Waals surface area contributed by atoms with Crippen LogP contribution in [0.25, 0.3) is 6.08 Å². The van der Waals surface area contributed by atoms with E-state index in [1.54, 1.807) is 12.1 Å². The Bertz CT molecular complexity index is 827. The number of aliphatic hydroxyl groups is 1. The number of fused-ring (bicyclic) bond motifs is 1. The van der Waals surface area contributed by atoms with Crippen LogP contribution < -0.4 is 14.8 Å². The number of β-amino-alcohol motifs (C(OH)–C–C–N with tert-alkyl or cyclic N) is 1. The van der Waals surface area contributed by atoms with Crippen molar-refractivity contribution < 1.29 is 28.9 Å². The SMILES string of the molecule is COc1cc(OCC(O)CNC(C)(C)C)cc2c1C(=O)O[C@H](C)CCCC(=O)CCCC=C2. The first kappa shape index (κ1) is 26.9. The van der Waals surface area contributed by atoms with Crippen molar-refractivity contribution in [2.45, 2.75) is 84.0 Å². The summed E-state index contributed by atoms with van der Waals surface area (Å²) in [6.45, 7) is 8.41. The third-order valence-electron chi connectivity index (χ3n) is 5.34. The smallest absolute Gasteiger partial charge is 0.342 e. The number of hydrogen-bond donors (Lipinski definition) is 2. The van der Waals surface area contributed by atoms with E-state index in [2.05, 4.69) is 5.32 Å². The van der Waals surface area contributed by atoms with Crippen molar-refractivity contribution in [3.63, 3.8) is 0 Å². The van der Waals surface area contributed by atoms with Gasteiger partial charge in [-0.3, -0.25) is 4.79 Å². The van der Waals surface area contributed by atoms with Crippen LogP contribution in [-0.2, 0) is 9.53 Å². The standard InChI is InChI=1S/C26H39NO6/c1-18-10-9-13-20(28)12-8-6-7-11-19-14-22(15-23(31-5)24(19)25(30)33-18)32-17-21(29)16-27-26(2,3)4/h7,11,14-15,18,21,27,29H,6,8-10,12-13,16-17H2,1-5H3/t18-,21?/m1/s1. The van der Waals surface area contributed by atoms with Gasteiger partial charge < -0.3 is 24.6 Å². The number of benzene rings is 1. The van der Waals surface area contributed by atoms with Crippen molar-refractivity contribution in [3.05, 3.63) is 29.3 Å². The molecule has 0 saturated carbocycles. The van der Waals surface area contributed by atoms with Crippen LogP contribution in [0.2, 0.25) is 0 Å². The molecule has 0 spiro atoms. The Morgan fingerprint density at radius 2 is 1.94 bits per heavy atom. The number of methoxy groups -OCH3 is 1. The summed E-state index contributed by atoms with van der Waals surface area (Å²) in [6.07, 6.45) is 6.68. The minimum absolute atomic E-state index is 0.0956. The summed E-state index contributed by atoms with van der Waals surface area (Å²) >= 11 is 0. The summed E-state index contributed by atoms with van der Waals surface area (Å²) in [5.41, 5.74) is 0.857. The topological polar surface area (TPSA) is 94.1 Å². The predicted octanol–water partition coefficient (Wildman–Crippen LogP) is 4.30. The van der Waals surface area contributed by atoms with Crippen LogP contribution in [0.5, 0.6) is 11.5 Å². The normalized spacial score (nSPS) is 19.3. The highest BCUT2D eigenvalue weighted by Gasteiger charge is 2.22. The number of hydrogen-bond acceptors (Lipinski definition) is 7. The Kier molecular flexibility index (Phi) is 10.4. The van der Waals surface area contributed by atoms with Gasteiger partial charge in [0, 0.05) is 31.0 Å². The molecule has 0 aromatic heterocycles. The highest BCUT2D eigenvalue weighted by atomic mass is 16.5. The molecule has 2 atom stereocenters. The van der Waals surface area contributed by atoms with E-state index in [1.165, 1.54) is 7.11 Å². The predicted molar refractivity (Wildman–Crippen MR) is 129 cm³/mol. The second-order valence-corrected chi connectivity index (χ2v) is 9.63. The fraction of sp³-hybridized carbons (Fsp3) is 0.615. The molecule has 2 rings (SSSR count). The minimum Gasteiger partial charge on any atom is -0.496 e. The number of cyclic esters (lactones) is 1. The summed E-state index contributed by atoms with van der Waals surface area (Å²) < 4.78 is 17.0. The molecular weight excluding hydrogens is 422 g/mol. The fourth-order valence-corrected chi connectivity index (χ4v) is 3.52. The molecule has 0 fully saturated rings. The maximum atomic E-state index is 13.0. The van der Waals surface area contributed by atoms with Gasteiger partial charge in [-0.05, 0) is 65.0 Å². The number of carbonyl (C=O) groups excluding carboxylic acids is 2. The largest absolute Gasteiger partial charge is 0.496 e. The molecule has 0 aliphatic carbocycles. The molecule has 7 nitrogen and oxygen atoms in total. The lowest BCUT2D eigenvalue weighted by Crippen LogP contribution is -2.42. The van der Waals surface area contributed by atoms with Crippen LogP contribution in [0.4, 0.5) is 0 Å². The number of ether oxygens (including phenoxy) is 3. The molecule has 0 saturated heterocycles. The number of ketones is 1. The Labute approximate surface area is 197 Å². The molecule has 184 valence electrons. The van der Waals surface area contributed by atoms with Gasteiger partial charge in [-0.15, -0.1) is 0 Å². The third-order valence-corrected chi connectivity index (χ3v) is 5.34. The average Bonchev–Trinajstić information content (AvgIpc) is 2.74. The zero-order valence-electron chi connectivity index (χ0n) is 20.6. The lowest BCUT2D eigenvalue weighted by Gasteiger charge is -2.23. The molecule has 1 aromatic rings. The Morgan fingerprint density at radius 1 is 1.21 bits per heavy atom. The Balaban J connectivity index is 2.25. The summed E-state index contributed by atoms with van der Waals surface area (Å²) in [5.74, 6) is 0.621. The van der Waals surface area contributed by atoms with Gasteiger partial charge in [0.25, 0.3) is 0 Å². The lowest BCUT2D eigenvalue weighted by atomic mass is 10.0. The molecular formula is C26H39NO6. The first-order valence-corrected chi connectivity index (χ1v) is 11.8. The van der Waals surface area contributed by atoms with Crippen molar-refractivity contribution in [2.24, 2.45) is 0 Å². The number of allylic oxidation sites excluding steroid dienone is 1. The van der Waals surface area contributed by atoms with Gasteiger partial charge in [0.2, 0.25) is 0 Å². The van der Waals surface area contributed by atoms with Crippen molar-refractivity contribution in [1.82, 2.24) is 5.32 Å². The second kappa shape index (κ2) is 12.8. The molecule has 33 heavy (non-hydrogen) atoms. The van der Waals surface area contributed by atoms with Crippen LogP contribution in [0, 0.1) is 0 Å². The molecule has 0 bridgehead atoms. The van der Waals surface area contributed by atoms with Gasteiger partial charge in [0.15, 0.2) is 0 Å². The highest BCUT2D eigenvalue weighted by molar-refractivity contribution is 5.97. The third kappa shape index (κ3) is 9.56. The molecule has 1 unspecified atom stereocenters. The Hall–Kier alpha value is -2.38. The van der Waals surface area contributed by atoms with Gasteiger partial charge in [-0.1, -0.05) is 12.2 Å². The first-order valence-electron chi connectivity index (χ1n) is 11.8. The maximum absolute atomic E-state index is 13.0. The molecule has 7 heteroatoms. The Morgan fingerprint density at radius 3 is 2.64 bits per heavy atom. The monoisotopic (exact) mass is 461 g/mol. The van der Waals surface area contributed by atoms with E-state index < -0.39 is 12.1 Å². The number of rotatable bonds is 6. The van der Waals surface area contributed by atoms with Crippen LogP contribution in [0.15, 0.2) is 18.2 Å². The van der Waals surface area contributed by atoms with E-state index in [-0.39, 0.29) is 24.0 Å². The van der Waals surface area contributed by atoms with Crippen LogP contribution >= 0.6 is 0 Å². The van der Waals surface area contributed by atoms with E-state index in [0.29, 0.717) is 54.9 Å². The van der Waals surface area contributed by atoms with Crippen molar-refractivity contribution in [3.8, 4) is 11.5 Å². The van der Waals surface area contributed by atoms with E-state index in [9.17, 15) is 14.7 Å². The van der Waals surface area contributed by atoms with Crippen molar-refractivity contribution in [2.75, 3.05) is 20.3 Å². The number of aliphatic hydroxyl groups excluding tert-OH is 1. The van der Waals surface area contributed by atoms with E-state index in [4.69, 9.17) is 14.2 Å². The summed E-state index contributed by atoms with van der Waals surface area (Å²) in [4.78, 5) is 25.0. The number of esters is 1. The number of nitrogens with one attached hydrogen (secondary N) is 1. The second-order valence-electron chi connectivity index (χ2n) is 9.63. The number of carbonyl (C=O) groups is 2. The lowest BCUT2D eigenvalue weighted by molar-refractivity contribution is -0.119. The zero-order chi connectivity index (χ0) is 24.4. The van der Waals surface area contributed by atoms with Gasteiger partial charge in [0.05, 0.1) is 13.2 Å². The van der Waals surface area contributed by atoms with Gasteiger partial charge in [-0.2, -0.15) is 0 Å². The fourth-order valence-electron chi connectivity index (χ4n) is 3.52. The van der Waals surface area contributed by atoms with Gasteiger partial charge in [0.1, 0.15) is 35.6 Å². The van der Waals surface area contributed by atoms with Gasteiger partial charge >= 0.3 is 5.97 Å². The van der Waals surface area contributed by atoms with E-state index >= 15 is 0 Å². The van der Waals surface area contributed by atoms with Crippen LogP contribution in [0.1, 0.15) is 82.1 Å². The van der Waals surface area contributed by atoms with Gasteiger partial charge in [-0.25, -0.2) is 4.79 Å². The summed E-state index contributed by atoms with van der Waals surface area (Å²) in [6, 6.07) is 3.39. The quantitative estimate of drug-likeness (QED) is 0.610. The maximum Gasteiger partial charge on any atom is 0.342 e. The minimum atomic E-state index is -0.692. The molecule has 1 aliphatic rings.